The molecule has 0 aliphatic carbocycles. The summed E-state index contributed by atoms with van der Waals surface area (Å²) in [7, 11) is 0. The van der Waals surface area contributed by atoms with E-state index in [1.165, 1.54) is 11.3 Å². The van der Waals surface area contributed by atoms with E-state index in [-0.39, 0.29) is 16.8 Å². The Morgan fingerprint density at radius 3 is 2.96 bits per heavy atom. The lowest BCUT2D eigenvalue weighted by Crippen LogP contribution is -2.41. The quantitative estimate of drug-likeness (QED) is 0.863. The number of amides is 1. The molecule has 2 aromatic rings. The first-order chi connectivity index (χ1) is 11.1. The van der Waals surface area contributed by atoms with Gasteiger partial charge in [-0.1, -0.05) is 18.3 Å². The number of furan rings is 1. The lowest BCUT2D eigenvalue weighted by molar-refractivity contribution is -0.136. The molecule has 1 amide bonds. The fourth-order valence-electron chi connectivity index (χ4n) is 3.22. The topological polar surface area (TPSA) is 55.5 Å². The average molecular weight is 334 g/mol. The maximum atomic E-state index is 12.7. The van der Waals surface area contributed by atoms with E-state index in [1.807, 2.05) is 29.3 Å². The van der Waals surface area contributed by atoms with E-state index in [0.717, 1.165) is 30.8 Å². The van der Waals surface area contributed by atoms with E-state index in [0.29, 0.717) is 18.9 Å². The van der Waals surface area contributed by atoms with Crippen molar-refractivity contribution in [2.75, 3.05) is 6.54 Å². The van der Waals surface area contributed by atoms with Gasteiger partial charge >= 0.3 is 4.87 Å². The van der Waals surface area contributed by atoms with Gasteiger partial charge in [-0.15, -0.1) is 0 Å². The fraction of sp³-hybridized carbons (Fsp3) is 0.529. The summed E-state index contributed by atoms with van der Waals surface area (Å²) in [5.74, 6) is 1.53. The van der Waals surface area contributed by atoms with Crippen LogP contribution >= 0.6 is 11.3 Å². The number of aryl methyl sites for hydroxylation is 1. The Morgan fingerprint density at radius 1 is 1.48 bits per heavy atom. The first kappa shape index (κ1) is 16.1. The zero-order valence-electron chi connectivity index (χ0n) is 13.5. The van der Waals surface area contributed by atoms with Crippen molar-refractivity contribution in [2.24, 2.45) is 5.92 Å². The second-order valence-electron chi connectivity index (χ2n) is 6.29. The predicted molar refractivity (Wildman–Crippen MR) is 89.5 cm³/mol. The van der Waals surface area contributed by atoms with Crippen LogP contribution in [0.2, 0.25) is 0 Å². The molecule has 0 N–H and O–H groups in total. The third kappa shape index (κ3) is 3.42. The fourth-order valence-corrected chi connectivity index (χ4v) is 3.98. The number of rotatable bonds is 4. The Morgan fingerprint density at radius 2 is 2.30 bits per heavy atom. The summed E-state index contributed by atoms with van der Waals surface area (Å²) in [4.78, 5) is 26.4. The zero-order chi connectivity index (χ0) is 16.4. The average Bonchev–Trinajstić information content (AvgIpc) is 3.16. The molecular weight excluding hydrogens is 312 g/mol. The van der Waals surface area contributed by atoms with Gasteiger partial charge in [-0.2, -0.15) is 0 Å². The lowest BCUT2D eigenvalue weighted by atomic mass is 9.91. The zero-order valence-corrected chi connectivity index (χ0v) is 14.3. The van der Waals surface area contributed by atoms with Crippen LogP contribution in [-0.4, -0.2) is 21.9 Å². The molecule has 0 unspecified atom stereocenters. The normalized spacial score (nSPS) is 21.6. The number of carbonyl (C=O) groups is 1. The number of nitrogens with zero attached hydrogens (tertiary/aromatic N) is 2. The van der Waals surface area contributed by atoms with Crippen molar-refractivity contribution in [3.63, 3.8) is 0 Å². The highest BCUT2D eigenvalue weighted by molar-refractivity contribution is 7.07. The molecule has 2 atom stereocenters. The maximum absolute atomic E-state index is 12.7. The van der Waals surface area contributed by atoms with Crippen LogP contribution in [0.5, 0.6) is 0 Å². The summed E-state index contributed by atoms with van der Waals surface area (Å²) in [6.45, 7) is 5.31. The Kier molecular flexibility index (Phi) is 4.71. The lowest BCUT2D eigenvalue weighted by Gasteiger charge is -2.37. The Bertz CT molecular complexity index is 717. The van der Waals surface area contributed by atoms with Crippen molar-refractivity contribution >= 4 is 17.2 Å². The molecule has 1 saturated heterocycles. The summed E-state index contributed by atoms with van der Waals surface area (Å²) in [6, 6.07) is 3.82. The van der Waals surface area contributed by atoms with E-state index < -0.39 is 0 Å². The highest BCUT2D eigenvalue weighted by Crippen LogP contribution is 2.34. The summed E-state index contributed by atoms with van der Waals surface area (Å²) in [6.07, 6.45) is 3.95. The van der Waals surface area contributed by atoms with Crippen molar-refractivity contribution < 1.29 is 9.21 Å². The number of likely N-dealkylation sites (tertiary alicyclic amines) is 1. The van der Waals surface area contributed by atoms with Crippen LogP contribution in [0.1, 0.15) is 43.7 Å². The van der Waals surface area contributed by atoms with Gasteiger partial charge in [0.25, 0.3) is 0 Å². The van der Waals surface area contributed by atoms with Crippen molar-refractivity contribution in [3.05, 3.63) is 44.9 Å². The van der Waals surface area contributed by atoms with Gasteiger partial charge in [-0.25, -0.2) is 0 Å². The van der Waals surface area contributed by atoms with Crippen molar-refractivity contribution in [1.82, 2.24) is 9.47 Å². The van der Waals surface area contributed by atoms with Crippen LogP contribution in [0.4, 0.5) is 0 Å². The second kappa shape index (κ2) is 6.74. The van der Waals surface area contributed by atoms with Crippen LogP contribution in [-0.2, 0) is 11.3 Å². The standard InChI is InChI=1S/C17H22N2O3S/c1-12-5-7-19(14(10-12)15-4-3-9-22-15)16(20)6-8-18-13(2)11-23-17(18)21/h3-4,9,11-12,14H,5-8,10H2,1-2H3/t12-,14-/m1/s1. The molecule has 6 heteroatoms. The molecule has 0 radical (unpaired) electrons. The van der Waals surface area contributed by atoms with Gasteiger partial charge in [0.05, 0.1) is 12.3 Å². The number of hydrogen-bond donors (Lipinski definition) is 0. The predicted octanol–water partition coefficient (Wildman–Crippen LogP) is 3.20. The van der Waals surface area contributed by atoms with Crippen molar-refractivity contribution in [2.45, 2.75) is 45.7 Å². The molecule has 5 nitrogen and oxygen atoms in total. The van der Waals surface area contributed by atoms with E-state index in [9.17, 15) is 9.59 Å². The molecule has 3 rings (SSSR count). The van der Waals surface area contributed by atoms with Crippen LogP contribution < -0.4 is 4.87 Å². The Labute approximate surface area is 139 Å². The first-order valence-corrected chi connectivity index (χ1v) is 8.92. The highest BCUT2D eigenvalue weighted by atomic mass is 32.1. The Hall–Kier alpha value is -1.82. The minimum Gasteiger partial charge on any atom is -0.467 e. The molecule has 0 spiro atoms. The molecule has 3 heterocycles. The monoisotopic (exact) mass is 334 g/mol. The number of aromatic nitrogens is 1. The molecule has 1 aliphatic rings. The minimum atomic E-state index is 0.00477. The van der Waals surface area contributed by atoms with Gasteiger partial charge in [0.15, 0.2) is 0 Å². The SMILES string of the molecule is Cc1csc(=O)n1CCC(=O)N1CC[C@@H](C)C[C@@H]1c1ccco1. The van der Waals surface area contributed by atoms with Crippen LogP contribution in [0.15, 0.2) is 33.0 Å². The first-order valence-electron chi connectivity index (χ1n) is 8.04. The molecule has 1 fully saturated rings. The van der Waals surface area contributed by atoms with Gasteiger partial charge in [0.1, 0.15) is 5.76 Å². The number of hydrogen-bond acceptors (Lipinski definition) is 4. The van der Waals surface area contributed by atoms with Crippen LogP contribution in [0.25, 0.3) is 0 Å². The highest BCUT2D eigenvalue weighted by Gasteiger charge is 2.32. The largest absolute Gasteiger partial charge is 0.467 e. The number of carbonyl (C=O) groups excluding carboxylic acids is 1. The van der Waals surface area contributed by atoms with E-state index in [2.05, 4.69) is 6.92 Å². The van der Waals surface area contributed by atoms with E-state index in [1.54, 1.807) is 10.8 Å². The second-order valence-corrected chi connectivity index (χ2v) is 7.11. The van der Waals surface area contributed by atoms with Gasteiger partial charge in [0.2, 0.25) is 5.91 Å². The molecule has 23 heavy (non-hydrogen) atoms. The van der Waals surface area contributed by atoms with Gasteiger partial charge < -0.3 is 13.9 Å². The van der Waals surface area contributed by atoms with Crippen LogP contribution in [0.3, 0.4) is 0 Å². The van der Waals surface area contributed by atoms with Crippen molar-refractivity contribution in [1.29, 1.82) is 0 Å². The third-order valence-electron chi connectivity index (χ3n) is 4.58. The molecule has 0 saturated carbocycles. The molecular formula is C17H22N2O3S. The Balaban J connectivity index is 1.71. The molecule has 1 aliphatic heterocycles. The van der Waals surface area contributed by atoms with Crippen molar-refractivity contribution in [3.8, 4) is 0 Å². The van der Waals surface area contributed by atoms with Gasteiger partial charge in [-0.3, -0.25) is 9.59 Å². The summed E-state index contributed by atoms with van der Waals surface area (Å²) >= 11 is 1.18. The van der Waals surface area contributed by atoms with E-state index in [4.69, 9.17) is 4.42 Å². The summed E-state index contributed by atoms with van der Waals surface area (Å²) < 4.78 is 7.22. The van der Waals surface area contributed by atoms with Gasteiger partial charge in [0, 0.05) is 30.6 Å². The molecule has 0 bridgehead atoms. The third-order valence-corrected chi connectivity index (χ3v) is 5.46. The maximum Gasteiger partial charge on any atom is 0.307 e. The molecule has 124 valence electrons. The molecule has 0 aromatic carbocycles. The number of thiazole rings is 1. The van der Waals surface area contributed by atoms with E-state index >= 15 is 0 Å². The number of piperidine rings is 1. The smallest absolute Gasteiger partial charge is 0.307 e. The summed E-state index contributed by atoms with van der Waals surface area (Å²) in [5, 5.41) is 1.83. The summed E-state index contributed by atoms with van der Waals surface area (Å²) in [5.41, 5.74) is 0.919. The van der Waals surface area contributed by atoms with Gasteiger partial charge in [-0.05, 0) is 37.8 Å². The van der Waals surface area contributed by atoms with Crippen LogP contribution in [0, 0.1) is 12.8 Å². The molecule has 2 aromatic heterocycles. The minimum absolute atomic E-state index is 0.00477.